The molecular formula is C14H28S. The second kappa shape index (κ2) is 4.69. The Hall–Kier alpha value is 0.350. The molecule has 0 aromatic carbocycles. The fourth-order valence-corrected chi connectivity index (χ4v) is 4.35. The highest BCUT2D eigenvalue weighted by molar-refractivity contribution is 7.99. The SMILES string of the molecule is CC(C)(C)[C@@H]1CCCSC[C@@H]1C(C)(C)C. The molecule has 1 aliphatic rings. The van der Waals surface area contributed by atoms with Crippen LogP contribution in [0.4, 0.5) is 0 Å². The van der Waals surface area contributed by atoms with E-state index in [1.807, 2.05) is 0 Å². The fraction of sp³-hybridized carbons (Fsp3) is 1.00. The van der Waals surface area contributed by atoms with Gasteiger partial charge in [0.25, 0.3) is 0 Å². The number of rotatable bonds is 0. The van der Waals surface area contributed by atoms with Crippen LogP contribution >= 0.6 is 11.8 Å². The van der Waals surface area contributed by atoms with Crippen LogP contribution in [-0.4, -0.2) is 11.5 Å². The Morgan fingerprint density at radius 1 is 0.867 bits per heavy atom. The van der Waals surface area contributed by atoms with Gasteiger partial charge in [0.1, 0.15) is 0 Å². The molecule has 1 heterocycles. The molecule has 1 saturated heterocycles. The molecule has 0 amide bonds. The maximum absolute atomic E-state index is 2.42. The van der Waals surface area contributed by atoms with Gasteiger partial charge in [-0.25, -0.2) is 0 Å². The molecule has 1 heteroatoms. The predicted octanol–water partition coefficient (Wildman–Crippen LogP) is 4.84. The summed E-state index contributed by atoms with van der Waals surface area (Å²) in [6, 6.07) is 0. The molecule has 0 unspecified atom stereocenters. The highest BCUT2D eigenvalue weighted by Gasteiger charge is 2.39. The molecule has 15 heavy (non-hydrogen) atoms. The standard InChI is InChI=1S/C14H28S/c1-13(2,3)11-8-7-9-15-10-12(11)14(4,5)6/h11-12H,7-10H2,1-6H3/t11-,12+/m1/s1. The smallest absolute Gasteiger partial charge is 0.00313 e. The first-order valence-corrected chi connectivity index (χ1v) is 7.46. The van der Waals surface area contributed by atoms with Crippen molar-refractivity contribution in [2.45, 2.75) is 54.4 Å². The molecule has 1 aliphatic heterocycles. The van der Waals surface area contributed by atoms with Gasteiger partial charge in [0.2, 0.25) is 0 Å². The van der Waals surface area contributed by atoms with Gasteiger partial charge in [-0.15, -0.1) is 0 Å². The maximum atomic E-state index is 2.42. The van der Waals surface area contributed by atoms with Crippen LogP contribution in [0.5, 0.6) is 0 Å². The average Bonchev–Trinajstić information content (AvgIpc) is 2.24. The van der Waals surface area contributed by atoms with E-state index < -0.39 is 0 Å². The molecule has 0 aromatic rings. The molecule has 1 rings (SSSR count). The minimum atomic E-state index is 0.468. The first-order valence-electron chi connectivity index (χ1n) is 6.30. The van der Waals surface area contributed by atoms with E-state index in [-0.39, 0.29) is 0 Å². The van der Waals surface area contributed by atoms with Crippen molar-refractivity contribution in [3.05, 3.63) is 0 Å². The molecule has 0 aliphatic carbocycles. The van der Waals surface area contributed by atoms with Crippen molar-refractivity contribution in [1.29, 1.82) is 0 Å². The summed E-state index contributed by atoms with van der Waals surface area (Å²) in [5.41, 5.74) is 0.943. The van der Waals surface area contributed by atoms with Crippen LogP contribution in [0.2, 0.25) is 0 Å². The van der Waals surface area contributed by atoms with Crippen LogP contribution in [-0.2, 0) is 0 Å². The summed E-state index contributed by atoms with van der Waals surface area (Å²) in [5.74, 6) is 4.52. The van der Waals surface area contributed by atoms with E-state index in [2.05, 4.69) is 53.3 Å². The van der Waals surface area contributed by atoms with Crippen molar-refractivity contribution in [2.75, 3.05) is 11.5 Å². The van der Waals surface area contributed by atoms with Crippen molar-refractivity contribution in [3.8, 4) is 0 Å². The highest BCUT2D eigenvalue weighted by atomic mass is 32.2. The molecule has 1 fully saturated rings. The fourth-order valence-electron chi connectivity index (χ4n) is 2.82. The second-order valence-electron chi connectivity index (χ2n) is 7.16. The number of hydrogen-bond donors (Lipinski definition) is 0. The quantitative estimate of drug-likeness (QED) is 0.572. The van der Waals surface area contributed by atoms with Crippen molar-refractivity contribution < 1.29 is 0 Å². The van der Waals surface area contributed by atoms with Crippen LogP contribution in [0.15, 0.2) is 0 Å². The van der Waals surface area contributed by atoms with Crippen LogP contribution < -0.4 is 0 Å². The van der Waals surface area contributed by atoms with Gasteiger partial charge in [-0.05, 0) is 47.0 Å². The molecule has 0 nitrogen and oxygen atoms in total. The lowest BCUT2D eigenvalue weighted by Crippen LogP contribution is -2.36. The molecule has 0 bridgehead atoms. The summed E-state index contributed by atoms with van der Waals surface area (Å²) in [6.07, 6.45) is 2.84. The van der Waals surface area contributed by atoms with Gasteiger partial charge in [0.05, 0.1) is 0 Å². The third-order valence-corrected chi connectivity index (χ3v) is 4.98. The van der Waals surface area contributed by atoms with E-state index in [1.165, 1.54) is 24.3 Å². The summed E-state index contributed by atoms with van der Waals surface area (Å²) < 4.78 is 0. The predicted molar refractivity (Wildman–Crippen MR) is 72.4 cm³/mol. The summed E-state index contributed by atoms with van der Waals surface area (Å²) in [6.45, 7) is 14.5. The van der Waals surface area contributed by atoms with E-state index in [0.29, 0.717) is 10.8 Å². The summed E-state index contributed by atoms with van der Waals surface area (Å²) in [5, 5.41) is 0. The molecule has 0 aromatic heterocycles. The summed E-state index contributed by atoms with van der Waals surface area (Å²) in [4.78, 5) is 0. The zero-order valence-electron chi connectivity index (χ0n) is 11.4. The van der Waals surface area contributed by atoms with E-state index in [1.54, 1.807) is 0 Å². The molecule has 0 N–H and O–H groups in total. The minimum absolute atomic E-state index is 0.468. The van der Waals surface area contributed by atoms with Crippen LogP contribution in [0.3, 0.4) is 0 Å². The number of thioether (sulfide) groups is 1. The third kappa shape index (κ3) is 3.69. The third-order valence-electron chi connectivity index (χ3n) is 3.81. The normalized spacial score (nSPS) is 30.0. The first kappa shape index (κ1) is 13.4. The van der Waals surface area contributed by atoms with Crippen LogP contribution in [0, 0.1) is 22.7 Å². The van der Waals surface area contributed by atoms with Crippen molar-refractivity contribution >= 4 is 11.8 Å². The molecule has 90 valence electrons. The summed E-state index contributed by atoms with van der Waals surface area (Å²) in [7, 11) is 0. The van der Waals surface area contributed by atoms with Crippen molar-refractivity contribution in [1.82, 2.24) is 0 Å². The van der Waals surface area contributed by atoms with Gasteiger partial charge in [0, 0.05) is 0 Å². The van der Waals surface area contributed by atoms with Gasteiger partial charge in [-0.1, -0.05) is 41.5 Å². The van der Waals surface area contributed by atoms with Gasteiger partial charge in [-0.2, -0.15) is 11.8 Å². The Morgan fingerprint density at radius 2 is 1.40 bits per heavy atom. The Bertz CT molecular complexity index is 172. The minimum Gasteiger partial charge on any atom is -0.162 e. The molecule has 2 atom stereocenters. The molecular weight excluding hydrogens is 200 g/mol. The topological polar surface area (TPSA) is 0 Å². The zero-order valence-corrected chi connectivity index (χ0v) is 12.2. The Balaban J connectivity index is 2.86. The van der Waals surface area contributed by atoms with E-state index in [9.17, 15) is 0 Å². The van der Waals surface area contributed by atoms with Gasteiger partial charge >= 0.3 is 0 Å². The van der Waals surface area contributed by atoms with Crippen molar-refractivity contribution in [2.24, 2.45) is 22.7 Å². The Morgan fingerprint density at radius 3 is 1.87 bits per heavy atom. The molecule has 0 radical (unpaired) electrons. The lowest BCUT2D eigenvalue weighted by Gasteiger charge is -2.42. The van der Waals surface area contributed by atoms with Gasteiger partial charge in [-0.3, -0.25) is 0 Å². The summed E-state index contributed by atoms with van der Waals surface area (Å²) >= 11 is 2.17. The van der Waals surface area contributed by atoms with Crippen molar-refractivity contribution in [3.63, 3.8) is 0 Å². The second-order valence-corrected chi connectivity index (χ2v) is 8.31. The van der Waals surface area contributed by atoms with E-state index >= 15 is 0 Å². The first-order chi connectivity index (χ1) is 6.73. The molecule has 0 saturated carbocycles. The van der Waals surface area contributed by atoms with E-state index in [4.69, 9.17) is 0 Å². The lowest BCUT2D eigenvalue weighted by molar-refractivity contribution is 0.0825. The largest absolute Gasteiger partial charge is 0.162 e. The Labute approximate surface area is 101 Å². The molecule has 0 spiro atoms. The lowest BCUT2D eigenvalue weighted by atomic mass is 9.63. The van der Waals surface area contributed by atoms with Gasteiger partial charge in [0.15, 0.2) is 0 Å². The van der Waals surface area contributed by atoms with E-state index in [0.717, 1.165) is 11.8 Å². The maximum Gasteiger partial charge on any atom is -0.00313 e. The van der Waals surface area contributed by atoms with Crippen LogP contribution in [0.1, 0.15) is 54.4 Å². The van der Waals surface area contributed by atoms with Gasteiger partial charge < -0.3 is 0 Å². The monoisotopic (exact) mass is 228 g/mol. The Kier molecular flexibility index (Phi) is 4.20. The highest BCUT2D eigenvalue weighted by Crippen LogP contribution is 2.46. The average molecular weight is 228 g/mol. The zero-order chi connectivity index (χ0) is 11.7. The van der Waals surface area contributed by atoms with Crippen LogP contribution in [0.25, 0.3) is 0 Å². The number of hydrogen-bond acceptors (Lipinski definition) is 1.